The molecule has 6 atom stereocenters. The van der Waals surface area contributed by atoms with E-state index in [2.05, 4.69) is 0 Å². The fourth-order valence-corrected chi connectivity index (χ4v) is 4.24. The molecule has 0 unspecified atom stereocenters. The van der Waals surface area contributed by atoms with Gasteiger partial charge in [-0.15, -0.1) is 0 Å². The molecule has 3 aromatic rings. The molecule has 2 saturated heterocycles. The maximum atomic E-state index is 10.8. The topological polar surface area (TPSA) is 66.4 Å². The van der Waals surface area contributed by atoms with E-state index in [1.807, 2.05) is 91.0 Å². The molecule has 0 spiro atoms. The van der Waals surface area contributed by atoms with E-state index < -0.39 is 37.0 Å². The Hall–Kier alpha value is -2.58. The normalized spacial score (nSPS) is 29.4. The van der Waals surface area contributed by atoms with E-state index in [-0.39, 0.29) is 6.61 Å². The maximum Gasteiger partial charge on any atom is 0.184 e. The zero-order valence-electron chi connectivity index (χ0n) is 18.2. The minimum atomic E-state index is -1.16. The van der Waals surface area contributed by atoms with Gasteiger partial charge in [0, 0.05) is 5.56 Å². The molecule has 2 fully saturated rings. The van der Waals surface area contributed by atoms with Gasteiger partial charge in [0.25, 0.3) is 0 Å². The molecule has 5 rings (SSSR count). The van der Waals surface area contributed by atoms with Crippen molar-refractivity contribution in [3.63, 3.8) is 0 Å². The van der Waals surface area contributed by atoms with Crippen LogP contribution < -0.4 is 0 Å². The van der Waals surface area contributed by atoms with Crippen molar-refractivity contribution in [1.82, 2.24) is 0 Å². The number of rotatable bonds is 7. The lowest BCUT2D eigenvalue weighted by atomic mass is 9.97. The van der Waals surface area contributed by atoms with Crippen molar-refractivity contribution >= 4 is 0 Å². The summed E-state index contributed by atoms with van der Waals surface area (Å²) in [4.78, 5) is 0. The maximum absolute atomic E-state index is 10.8. The van der Waals surface area contributed by atoms with Gasteiger partial charge in [0.15, 0.2) is 12.6 Å². The second kappa shape index (κ2) is 10.6. The Labute approximate surface area is 193 Å². The van der Waals surface area contributed by atoms with Crippen molar-refractivity contribution in [3.05, 3.63) is 108 Å². The molecule has 2 aliphatic rings. The predicted molar refractivity (Wildman–Crippen MR) is 121 cm³/mol. The summed E-state index contributed by atoms with van der Waals surface area (Å²) < 4.78 is 30.6. The third-order valence-electron chi connectivity index (χ3n) is 5.94. The molecule has 6 nitrogen and oxygen atoms in total. The monoisotopic (exact) mass is 448 g/mol. The predicted octanol–water partition coefficient (Wildman–Crippen LogP) is 3.99. The quantitative estimate of drug-likeness (QED) is 0.590. The Balaban J connectivity index is 1.36. The number of aliphatic hydroxyl groups is 1. The molecule has 1 N–H and O–H groups in total. The van der Waals surface area contributed by atoms with Gasteiger partial charge in [-0.3, -0.25) is 0 Å². The third kappa shape index (κ3) is 5.33. The van der Waals surface area contributed by atoms with Crippen molar-refractivity contribution in [1.29, 1.82) is 0 Å². The minimum absolute atomic E-state index is 0.290. The molecule has 6 heteroatoms. The molecule has 0 aliphatic carbocycles. The number of hydrogen-bond donors (Lipinski definition) is 1. The number of fused-ring (bicyclic) bond motifs is 1. The van der Waals surface area contributed by atoms with Gasteiger partial charge < -0.3 is 28.8 Å². The molecule has 0 radical (unpaired) electrons. The van der Waals surface area contributed by atoms with Gasteiger partial charge in [-0.1, -0.05) is 91.0 Å². The zero-order chi connectivity index (χ0) is 22.5. The highest BCUT2D eigenvalue weighted by Crippen LogP contribution is 2.36. The lowest BCUT2D eigenvalue weighted by Crippen LogP contribution is -2.63. The first kappa shape index (κ1) is 22.2. The first-order valence-electron chi connectivity index (χ1n) is 11.2. The molecular weight excluding hydrogens is 420 g/mol. The molecule has 172 valence electrons. The zero-order valence-corrected chi connectivity index (χ0v) is 18.2. The SMILES string of the molecule is O[C@@H]1O[C@@H]2CO[C@@H](c3ccccc3)O[C@H]2[C@H](OCc2ccccc2)[C@H]1OCc1ccccc1. The van der Waals surface area contributed by atoms with Crippen molar-refractivity contribution in [2.24, 2.45) is 0 Å². The first-order chi connectivity index (χ1) is 16.3. The first-order valence-corrected chi connectivity index (χ1v) is 11.2. The highest BCUT2D eigenvalue weighted by molar-refractivity contribution is 5.17. The lowest BCUT2D eigenvalue weighted by molar-refractivity contribution is -0.366. The highest BCUT2D eigenvalue weighted by atomic mass is 16.7. The van der Waals surface area contributed by atoms with Gasteiger partial charge >= 0.3 is 0 Å². The van der Waals surface area contributed by atoms with E-state index in [1.165, 1.54) is 0 Å². The van der Waals surface area contributed by atoms with E-state index >= 15 is 0 Å². The van der Waals surface area contributed by atoms with E-state index in [9.17, 15) is 5.11 Å². The molecule has 3 aromatic carbocycles. The second-order valence-electron chi connectivity index (χ2n) is 8.26. The van der Waals surface area contributed by atoms with Crippen LogP contribution in [-0.2, 0) is 36.9 Å². The third-order valence-corrected chi connectivity index (χ3v) is 5.94. The Morgan fingerprint density at radius 1 is 0.697 bits per heavy atom. The summed E-state index contributed by atoms with van der Waals surface area (Å²) >= 11 is 0. The average Bonchev–Trinajstić information content (AvgIpc) is 2.88. The lowest BCUT2D eigenvalue weighted by Gasteiger charge is -2.47. The van der Waals surface area contributed by atoms with E-state index in [0.29, 0.717) is 13.2 Å². The van der Waals surface area contributed by atoms with Crippen LogP contribution in [0, 0.1) is 0 Å². The largest absolute Gasteiger partial charge is 0.368 e. The fourth-order valence-electron chi connectivity index (χ4n) is 4.24. The van der Waals surface area contributed by atoms with Crippen LogP contribution in [0.5, 0.6) is 0 Å². The Morgan fingerprint density at radius 3 is 1.85 bits per heavy atom. The number of benzene rings is 3. The van der Waals surface area contributed by atoms with Crippen molar-refractivity contribution in [2.75, 3.05) is 6.61 Å². The van der Waals surface area contributed by atoms with E-state index in [4.69, 9.17) is 23.7 Å². The molecule has 0 bridgehead atoms. The smallest absolute Gasteiger partial charge is 0.184 e. The van der Waals surface area contributed by atoms with Crippen LogP contribution in [0.25, 0.3) is 0 Å². The van der Waals surface area contributed by atoms with Crippen molar-refractivity contribution in [3.8, 4) is 0 Å². The molecule has 0 saturated carbocycles. The summed E-state index contributed by atoms with van der Waals surface area (Å²) in [6.45, 7) is 0.984. The summed E-state index contributed by atoms with van der Waals surface area (Å²) in [6, 6.07) is 29.5. The van der Waals surface area contributed by atoms with Gasteiger partial charge in [-0.05, 0) is 11.1 Å². The van der Waals surface area contributed by atoms with Gasteiger partial charge in [-0.2, -0.15) is 0 Å². The fraction of sp³-hybridized carbons (Fsp3) is 0.333. The van der Waals surface area contributed by atoms with Crippen molar-refractivity contribution in [2.45, 2.75) is 50.2 Å². The van der Waals surface area contributed by atoms with Crippen LogP contribution in [0.1, 0.15) is 23.0 Å². The van der Waals surface area contributed by atoms with Crippen LogP contribution in [0.3, 0.4) is 0 Å². The molecule has 2 aliphatic heterocycles. The second-order valence-corrected chi connectivity index (χ2v) is 8.26. The summed E-state index contributed by atoms with van der Waals surface area (Å²) in [5.74, 6) is 0. The summed E-state index contributed by atoms with van der Waals surface area (Å²) in [6.07, 6.45) is -3.88. The van der Waals surface area contributed by atoms with Crippen LogP contribution >= 0.6 is 0 Å². The Kier molecular flexibility index (Phi) is 7.12. The average molecular weight is 449 g/mol. The Morgan fingerprint density at radius 2 is 1.24 bits per heavy atom. The van der Waals surface area contributed by atoms with Crippen LogP contribution in [0.4, 0.5) is 0 Å². The number of aliphatic hydroxyl groups excluding tert-OH is 1. The van der Waals surface area contributed by atoms with Crippen LogP contribution in [0.2, 0.25) is 0 Å². The van der Waals surface area contributed by atoms with E-state index in [0.717, 1.165) is 16.7 Å². The summed E-state index contributed by atoms with van der Waals surface area (Å²) in [5, 5.41) is 10.8. The molecule has 2 heterocycles. The standard InChI is InChI=1S/C27H28O6/c28-26-25(30-17-20-12-6-2-7-13-20)24(29-16-19-10-4-1-5-11-19)23-22(32-26)18-31-27(33-23)21-14-8-3-9-15-21/h1-15,22-28H,16-18H2/t22-,23-,24+,25-,26-,27-/m1/s1. The van der Waals surface area contributed by atoms with Crippen LogP contribution in [-0.4, -0.2) is 42.4 Å². The van der Waals surface area contributed by atoms with Crippen LogP contribution in [0.15, 0.2) is 91.0 Å². The number of hydrogen-bond acceptors (Lipinski definition) is 6. The van der Waals surface area contributed by atoms with Gasteiger partial charge in [-0.25, -0.2) is 0 Å². The highest BCUT2D eigenvalue weighted by Gasteiger charge is 2.51. The van der Waals surface area contributed by atoms with E-state index in [1.54, 1.807) is 0 Å². The van der Waals surface area contributed by atoms with Gasteiger partial charge in [0.1, 0.15) is 24.4 Å². The van der Waals surface area contributed by atoms with Gasteiger partial charge in [0.2, 0.25) is 0 Å². The molecule has 0 aromatic heterocycles. The van der Waals surface area contributed by atoms with Gasteiger partial charge in [0.05, 0.1) is 19.8 Å². The number of ether oxygens (including phenoxy) is 5. The summed E-state index contributed by atoms with van der Waals surface area (Å²) in [7, 11) is 0. The molecule has 33 heavy (non-hydrogen) atoms. The molecule has 0 amide bonds. The molecular formula is C27H28O6. The minimum Gasteiger partial charge on any atom is -0.368 e. The Bertz CT molecular complexity index is 983. The summed E-state index contributed by atoms with van der Waals surface area (Å²) in [5.41, 5.74) is 2.96. The van der Waals surface area contributed by atoms with Crippen molar-refractivity contribution < 1.29 is 28.8 Å².